The highest BCUT2D eigenvalue weighted by Crippen LogP contribution is 2.15. The van der Waals surface area contributed by atoms with Gasteiger partial charge in [-0.3, -0.25) is 4.79 Å². The first-order chi connectivity index (χ1) is 7.58. The zero-order valence-electron chi connectivity index (χ0n) is 9.40. The molecule has 0 aliphatic heterocycles. The number of benzene rings is 1. The van der Waals surface area contributed by atoms with E-state index < -0.39 is 0 Å². The van der Waals surface area contributed by atoms with Gasteiger partial charge in [0.05, 0.1) is 0 Å². The Balaban J connectivity index is 2.69. The first-order valence-electron chi connectivity index (χ1n) is 5.14. The van der Waals surface area contributed by atoms with Gasteiger partial charge in [0.25, 0.3) is 0 Å². The molecule has 0 spiro atoms. The van der Waals surface area contributed by atoms with Crippen LogP contribution in [0.15, 0.2) is 41.2 Å². The third kappa shape index (κ3) is 1.84. The van der Waals surface area contributed by atoms with Crippen molar-refractivity contribution in [2.45, 2.75) is 13.8 Å². The lowest BCUT2D eigenvalue weighted by atomic mass is 10.2. The lowest BCUT2D eigenvalue weighted by Gasteiger charge is -2.14. The number of aromatic nitrogens is 1. The van der Waals surface area contributed by atoms with Gasteiger partial charge in [-0.1, -0.05) is 6.07 Å². The van der Waals surface area contributed by atoms with E-state index >= 15 is 0 Å². The largest absolute Gasteiger partial charge is 0.399 e. The summed E-state index contributed by atoms with van der Waals surface area (Å²) in [7, 11) is 0. The van der Waals surface area contributed by atoms with Gasteiger partial charge in [-0.25, -0.2) is 0 Å². The molecule has 3 nitrogen and oxygen atoms in total. The maximum Gasteiger partial charge on any atom is 0.182 e. The average molecular weight is 214 g/mol. The summed E-state index contributed by atoms with van der Waals surface area (Å²) in [4.78, 5) is 11.3. The number of hydrogen-bond acceptors (Lipinski definition) is 2. The Hall–Kier alpha value is -2.03. The zero-order chi connectivity index (χ0) is 11.7. The fraction of sp³-hybridized carbons (Fsp3) is 0.154. The van der Waals surface area contributed by atoms with E-state index in [0.717, 1.165) is 22.8 Å². The normalized spacial score (nSPS) is 10.4. The number of anilines is 1. The zero-order valence-corrected chi connectivity index (χ0v) is 9.40. The topological polar surface area (TPSA) is 48.0 Å². The van der Waals surface area contributed by atoms with Gasteiger partial charge in [0.2, 0.25) is 0 Å². The lowest BCUT2D eigenvalue weighted by molar-refractivity contribution is 0.923. The Morgan fingerprint density at radius 2 is 1.69 bits per heavy atom. The summed E-state index contributed by atoms with van der Waals surface area (Å²) in [6.45, 7) is 3.83. The first-order valence-corrected chi connectivity index (χ1v) is 5.14. The second kappa shape index (κ2) is 3.85. The molecule has 2 rings (SSSR count). The molecule has 0 unspecified atom stereocenters. The van der Waals surface area contributed by atoms with Crippen LogP contribution >= 0.6 is 0 Å². The number of nitrogens with two attached hydrogens (primary N) is 1. The predicted molar refractivity (Wildman–Crippen MR) is 65.9 cm³/mol. The Bertz CT molecular complexity index is 558. The van der Waals surface area contributed by atoms with Crippen LogP contribution < -0.4 is 11.2 Å². The van der Waals surface area contributed by atoms with Crippen LogP contribution in [0.2, 0.25) is 0 Å². The SMILES string of the molecule is Cc1cc(=O)cc(C)n1-c1cccc(N)c1. The molecule has 0 saturated carbocycles. The summed E-state index contributed by atoms with van der Waals surface area (Å²) < 4.78 is 2.01. The molecule has 0 aliphatic rings. The van der Waals surface area contributed by atoms with Gasteiger partial charge in [0.1, 0.15) is 0 Å². The fourth-order valence-corrected chi connectivity index (χ4v) is 1.93. The van der Waals surface area contributed by atoms with Crippen molar-refractivity contribution in [2.75, 3.05) is 5.73 Å². The van der Waals surface area contributed by atoms with E-state index in [9.17, 15) is 4.79 Å². The van der Waals surface area contributed by atoms with Crippen molar-refractivity contribution in [1.29, 1.82) is 0 Å². The van der Waals surface area contributed by atoms with Crippen LogP contribution in [0, 0.1) is 13.8 Å². The molecule has 2 aromatic rings. The van der Waals surface area contributed by atoms with Crippen molar-refractivity contribution < 1.29 is 0 Å². The lowest BCUT2D eigenvalue weighted by Crippen LogP contribution is -2.11. The van der Waals surface area contributed by atoms with Crippen LogP contribution in [0.25, 0.3) is 5.69 Å². The van der Waals surface area contributed by atoms with Crippen LogP contribution in [-0.2, 0) is 0 Å². The molecule has 0 saturated heterocycles. The van der Waals surface area contributed by atoms with Crippen LogP contribution in [0.3, 0.4) is 0 Å². The monoisotopic (exact) mass is 214 g/mol. The minimum Gasteiger partial charge on any atom is -0.399 e. The maximum absolute atomic E-state index is 11.3. The number of rotatable bonds is 1. The number of aryl methyl sites for hydroxylation is 2. The van der Waals surface area contributed by atoms with E-state index in [1.807, 2.05) is 42.7 Å². The Morgan fingerprint density at radius 3 is 2.25 bits per heavy atom. The van der Waals surface area contributed by atoms with Gasteiger partial charge in [-0.2, -0.15) is 0 Å². The summed E-state index contributed by atoms with van der Waals surface area (Å²) in [6, 6.07) is 10.9. The molecular weight excluding hydrogens is 200 g/mol. The van der Waals surface area contributed by atoms with E-state index in [2.05, 4.69) is 0 Å². The predicted octanol–water partition coefficient (Wildman–Crippen LogP) is 2.04. The molecule has 2 N–H and O–H groups in total. The van der Waals surface area contributed by atoms with E-state index in [0.29, 0.717) is 0 Å². The molecule has 3 heteroatoms. The molecule has 0 atom stereocenters. The maximum atomic E-state index is 11.3. The molecule has 82 valence electrons. The van der Waals surface area contributed by atoms with Crippen molar-refractivity contribution in [3.05, 3.63) is 58.0 Å². The van der Waals surface area contributed by atoms with Gasteiger partial charge in [-0.15, -0.1) is 0 Å². The second-order valence-electron chi connectivity index (χ2n) is 3.90. The van der Waals surface area contributed by atoms with Gasteiger partial charge in [0.15, 0.2) is 5.43 Å². The van der Waals surface area contributed by atoms with Gasteiger partial charge >= 0.3 is 0 Å². The first kappa shape index (κ1) is 10.5. The standard InChI is InChI=1S/C13H14N2O/c1-9-6-13(16)7-10(2)15(9)12-5-3-4-11(14)8-12/h3-8H,14H2,1-2H3. The molecule has 0 radical (unpaired) electrons. The van der Waals surface area contributed by atoms with Crippen molar-refractivity contribution in [3.8, 4) is 5.69 Å². The highest BCUT2D eigenvalue weighted by molar-refractivity contribution is 5.49. The van der Waals surface area contributed by atoms with Crippen molar-refractivity contribution in [3.63, 3.8) is 0 Å². The summed E-state index contributed by atoms with van der Waals surface area (Å²) in [5, 5.41) is 0. The summed E-state index contributed by atoms with van der Waals surface area (Å²) in [6.07, 6.45) is 0. The van der Waals surface area contributed by atoms with E-state index in [-0.39, 0.29) is 5.43 Å². The van der Waals surface area contributed by atoms with Crippen molar-refractivity contribution >= 4 is 5.69 Å². The minimum absolute atomic E-state index is 0.0372. The van der Waals surface area contributed by atoms with Gasteiger partial charge < -0.3 is 10.3 Å². The quantitative estimate of drug-likeness (QED) is 0.738. The number of pyridine rings is 1. The smallest absolute Gasteiger partial charge is 0.182 e. The molecule has 0 aliphatic carbocycles. The Labute approximate surface area is 94.1 Å². The third-order valence-electron chi connectivity index (χ3n) is 2.54. The highest BCUT2D eigenvalue weighted by atomic mass is 16.1. The molecular formula is C13H14N2O. The molecule has 0 bridgehead atoms. The van der Waals surface area contributed by atoms with Gasteiger partial charge in [-0.05, 0) is 32.0 Å². The number of hydrogen-bond donors (Lipinski definition) is 1. The van der Waals surface area contributed by atoms with Crippen molar-refractivity contribution in [1.82, 2.24) is 4.57 Å². The Morgan fingerprint density at radius 1 is 1.06 bits per heavy atom. The average Bonchev–Trinajstić information content (AvgIpc) is 2.15. The molecule has 1 aromatic heterocycles. The summed E-state index contributed by atoms with van der Waals surface area (Å²) >= 11 is 0. The second-order valence-corrected chi connectivity index (χ2v) is 3.90. The third-order valence-corrected chi connectivity index (χ3v) is 2.54. The molecule has 1 heterocycles. The minimum atomic E-state index is 0.0372. The van der Waals surface area contributed by atoms with E-state index in [4.69, 9.17) is 5.73 Å². The summed E-state index contributed by atoms with van der Waals surface area (Å²) in [5.41, 5.74) is 9.31. The van der Waals surface area contributed by atoms with Gasteiger partial charge in [0, 0.05) is 34.9 Å². The fourth-order valence-electron chi connectivity index (χ4n) is 1.93. The number of nitrogen functional groups attached to an aromatic ring is 1. The molecule has 1 aromatic carbocycles. The van der Waals surface area contributed by atoms with Crippen molar-refractivity contribution in [2.24, 2.45) is 0 Å². The molecule has 0 fully saturated rings. The highest BCUT2D eigenvalue weighted by Gasteiger charge is 2.03. The van der Waals surface area contributed by atoms with Crippen LogP contribution in [-0.4, -0.2) is 4.57 Å². The number of nitrogens with zero attached hydrogens (tertiary/aromatic N) is 1. The molecule has 0 amide bonds. The van der Waals surface area contributed by atoms with E-state index in [1.165, 1.54) is 0 Å². The van der Waals surface area contributed by atoms with Crippen LogP contribution in [0.1, 0.15) is 11.4 Å². The van der Waals surface area contributed by atoms with E-state index in [1.54, 1.807) is 12.1 Å². The molecule has 16 heavy (non-hydrogen) atoms. The van der Waals surface area contributed by atoms with Crippen LogP contribution in [0.5, 0.6) is 0 Å². The Kier molecular flexibility index (Phi) is 2.52. The van der Waals surface area contributed by atoms with Crippen LogP contribution in [0.4, 0.5) is 5.69 Å². The summed E-state index contributed by atoms with van der Waals surface area (Å²) in [5.74, 6) is 0.